The molecule has 1 aromatic carbocycles. The lowest BCUT2D eigenvalue weighted by molar-refractivity contribution is -0.313. The largest absolute Gasteiger partial charge is 0.550 e. The highest BCUT2D eigenvalue weighted by molar-refractivity contribution is 5.96. The first kappa shape index (κ1) is 14.1. The van der Waals surface area contributed by atoms with Crippen LogP contribution < -0.4 is 19.9 Å². The summed E-state index contributed by atoms with van der Waals surface area (Å²) in [6, 6.07) is 5.05. The molecule has 0 aromatic heterocycles. The van der Waals surface area contributed by atoms with Crippen LogP contribution in [0.15, 0.2) is 30.4 Å². The SMILES string of the molecule is O=C(Nc1ccc2c(c1)OCCO2)[C@@H]1[C@@H](C(=O)[O-])[C@H]2C=C[C@@H]1O2. The van der Waals surface area contributed by atoms with Gasteiger partial charge in [0.2, 0.25) is 5.91 Å². The summed E-state index contributed by atoms with van der Waals surface area (Å²) in [5.74, 6) is -2.29. The maximum Gasteiger partial charge on any atom is 0.231 e. The minimum absolute atomic E-state index is 0.410. The Bertz CT molecular complexity index is 700. The fourth-order valence-corrected chi connectivity index (χ4v) is 3.25. The third-order valence-electron chi connectivity index (χ3n) is 4.28. The Morgan fingerprint density at radius 1 is 1.04 bits per heavy atom. The van der Waals surface area contributed by atoms with E-state index in [1.807, 2.05) is 0 Å². The molecule has 0 unspecified atom stereocenters. The number of rotatable bonds is 3. The smallest absolute Gasteiger partial charge is 0.231 e. The molecule has 0 radical (unpaired) electrons. The van der Waals surface area contributed by atoms with Crippen molar-refractivity contribution < 1.29 is 28.9 Å². The molecule has 1 fully saturated rings. The Labute approximate surface area is 131 Å². The van der Waals surface area contributed by atoms with Crippen molar-refractivity contribution in [2.45, 2.75) is 12.2 Å². The molecule has 2 bridgehead atoms. The van der Waals surface area contributed by atoms with E-state index in [1.54, 1.807) is 30.4 Å². The number of carbonyl (C=O) groups is 2. The van der Waals surface area contributed by atoms with Crippen molar-refractivity contribution in [1.29, 1.82) is 0 Å². The zero-order valence-corrected chi connectivity index (χ0v) is 12.1. The molecule has 7 nitrogen and oxygen atoms in total. The van der Waals surface area contributed by atoms with E-state index < -0.39 is 35.9 Å². The van der Waals surface area contributed by atoms with E-state index in [1.165, 1.54) is 0 Å². The van der Waals surface area contributed by atoms with E-state index in [4.69, 9.17) is 14.2 Å². The van der Waals surface area contributed by atoms with Gasteiger partial charge in [0.1, 0.15) is 13.2 Å². The van der Waals surface area contributed by atoms with Gasteiger partial charge < -0.3 is 29.4 Å². The molecule has 1 amide bonds. The van der Waals surface area contributed by atoms with E-state index in [9.17, 15) is 14.7 Å². The molecule has 3 heterocycles. The molecule has 3 aliphatic rings. The summed E-state index contributed by atoms with van der Waals surface area (Å²) in [5, 5.41) is 14.0. The quantitative estimate of drug-likeness (QED) is 0.770. The van der Waals surface area contributed by atoms with Gasteiger partial charge in [-0.1, -0.05) is 12.2 Å². The van der Waals surface area contributed by atoms with Crippen LogP contribution in [0, 0.1) is 11.8 Å². The summed E-state index contributed by atoms with van der Waals surface area (Å²) in [7, 11) is 0. The number of carbonyl (C=O) groups excluding carboxylic acids is 2. The molecule has 1 N–H and O–H groups in total. The van der Waals surface area contributed by atoms with Crippen LogP contribution >= 0.6 is 0 Å². The fourth-order valence-electron chi connectivity index (χ4n) is 3.25. The lowest BCUT2D eigenvalue weighted by Crippen LogP contribution is -2.45. The summed E-state index contributed by atoms with van der Waals surface area (Å²) in [4.78, 5) is 23.8. The van der Waals surface area contributed by atoms with Crippen LogP contribution in [0.25, 0.3) is 0 Å². The molecule has 1 aromatic rings. The van der Waals surface area contributed by atoms with E-state index in [0.29, 0.717) is 30.4 Å². The second-order valence-corrected chi connectivity index (χ2v) is 5.67. The number of ether oxygens (including phenoxy) is 3. The lowest BCUT2D eigenvalue weighted by Gasteiger charge is -2.25. The maximum absolute atomic E-state index is 12.5. The number of anilines is 1. The third kappa shape index (κ3) is 2.33. The topological polar surface area (TPSA) is 96.9 Å². The number of hydrogen-bond acceptors (Lipinski definition) is 6. The van der Waals surface area contributed by atoms with Crippen molar-refractivity contribution in [2.75, 3.05) is 18.5 Å². The van der Waals surface area contributed by atoms with Crippen LogP contribution in [-0.4, -0.2) is 37.3 Å². The van der Waals surface area contributed by atoms with Crippen molar-refractivity contribution in [2.24, 2.45) is 11.8 Å². The Balaban J connectivity index is 1.54. The molecule has 7 heteroatoms. The first-order chi connectivity index (χ1) is 11.1. The highest BCUT2D eigenvalue weighted by Gasteiger charge is 2.50. The highest BCUT2D eigenvalue weighted by Crippen LogP contribution is 2.40. The predicted octanol–water partition coefficient (Wildman–Crippen LogP) is -0.284. The van der Waals surface area contributed by atoms with Gasteiger partial charge >= 0.3 is 0 Å². The number of carboxylic acids is 1. The van der Waals surface area contributed by atoms with Crippen molar-refractivity contribution in [3.8, 4) is 11.5 Å². The molecule has 23 heavy (non-hydrogen) atoms. The Kier molecular flexibility index (Phi) is 3.23. The minimum Gasteiger partial charge on any atom is -0.550 e. The zero-order valence-electron chi connectivity index (χ0n) is 12.1. The highest BCUT2D eigenvalue weighted by atomic mass is 16.6. The molecular formula is C16H14NO6-. The second kappa shape index (κ2) is 5.27. The van der Waals surface area contributed by atoms with Gasteiger partial charge in [0.25, 0.3) is 0 Å². The van der Waals surface area contributed by atoms with E-state index >= 15 is 0 Å². The number of fused-ring (bicyclic) bond motifs is 3. The molecule has 3 aliphatic heterocycles. The number of amides is 1. The van der Waals surface area contributed by atoms with E-state index in [-0.39, 0.29) is 0 Å². The first-order valence-corrected chi connectivity index (χ1v) is 7.38. The first-order valence-electron chi connectivity index (χ1n) is 7.38. The van der Waals surface area contributed by atoms with Gasteiger partial charge in [-0.2, -0.15) is 0 Å². The minimum atomic E-state index is -1.27. The number of aliphatic carboxylic acids is 1. The summed E-state index contributed by atoms with van der Waals surface area (Å²) in [5.41, 5.74) is 0.517. The monoisotopic (exact) mass is 316 g/mol. The van der Waals surface area contributed by atoms with E-state index in [2.05, 4.69) is 5.32 Å². The predicted molar refractivity (Wildman–Crippen MR) is 75.8 cm³/mol. The molecule has 4 atom stereocenters. The van der Waals surface area contributed by atoms with Gasteiger partial charge in [0.15, 0.2) is 11.5 Å². The van der Waals surface area contributed by atoms with Crippen LogP contribution in [0.5, 0.6) is 11.5 Å². The second-order valence-electron chi connectivity index (χ2n) is 5.67. The Morgan fingerprint density at radius 3 is 2.48 bits per heavy atom. The van der Waals surface area contributed by atoms with Gasteiger partial charge in [-0.15, -0.1) is 0 Å². The van der Waals surface area contributed by atoms with Crippen molar-refractivity contribution in [3.63, 3.8) is 0 Å². The van der Waals surface area contributed by atoms with Crippen molar-refractivity contribution in [1.82, 2.24) is 0 Å². The molecule has 0 saturated carbocycles. The number of hydrogen-bond donors (Lipinski definition) is 1. The molecule has 0 aliphatic carbocycles. The average Bonchev–Trinajstić information content (AvgIpc) is 3.15. The van der Waals surface area contributed by atoms with Gasteiger partial charge in [0, 0.05) is 23.6 Å². The van der Waals surface area contributed by atoms with Crippen LogP contribution in [0.2, 0.25) is 0 Å². The van der Waals surface area contributed by atoms with Gasteiger partial charge in [-0.3, -0.25) is 4.79 Å². The van der Waals surface area contributed by atoms with Crippen LogP contribution in [0.3, 0.4) is 0 Å². The van der Waals surface area contributed by atoms with Crippen LogP contribution in [0.1, 0.15) is 0 Å². The van der Waals surface area contributed by atoms with Gasteiger partial charge in [-0.05, 0) is 12.1 Å². The zero-order chi connectivity index (χ0) is 16.0. The summed E-state index contributed by atoms with van der Waals surface area (Å²) in [6.45, 7) is 0.934. The van der Waals surface area contributed by atoms with Gasteiger partial charge in [-0.25, -0.2) is 0 Å². The molecule has 4 rings (SSSR count). The van der Waals surface area contributed by atoms with Crippen molar-refractivity contribution in [3.05, 3.63) is 30.4 Å². The van der Waals surface area contributed by atoms with Crippen LogP contribution in [-0.2, 0) is 14.3 Å². The number of benzene rings is 1. The average molecular weight is 316 g/mol. The number of carboxylic acid groups (broad SMARTS) is 1. The number of nitrogens with one attached hydrogen (secondary N) is 1. The molecule has 120 valence electrons. The third-order valence-corrected chi connectivity index (χ3v) is 4.28. The Morgan fingerprint density at radius 2 is 1.74 bits per heavy atom. The summed E-state index contributed by atoms with van der Waals surface area (Å²) < 4.78 is 16.4. The standard InChI is InChI=1S/C16H15NO6/c18-15(13-10-3-4-11(23-10)14(13)16(19)20)17-8-1-2-9-12(7-8)22-6-5-21-9/h1-4,7,10-11,13-14H,5-6H2,(H,17,18)(H,19,20)/p-1/t10-,11+,13-,14-/m0/s1. The van der Waals surface area contributed by atoms with Crippen LogP contribution in [0.4, 0.5) is 5.69 Å². The molecule has 1 saturated heterocycles. The molecule has 0 spiro atoms. The van der Waals surface area contributed by atoms with E-state index in [0.717, 1.165) is 0 Å². The lowest BCUT2D eigenvalue weighted by atomic mass is 9.82. The fraction of sp³-hybridized carbons (Fsp3) is 0.375. The normalized spacial score (nSPS) is 30.3. The summed E-state index contributed by atoms with van der Waals surface area (Å²) >= 11 is 0. The van der Waals surface area contributed by atoms with Gasteiger partial charge in [0.05, 0.1) is 18.1 Å². The Hall–Kier alpha value is -2.54. The van der Waals surface area contributed by atoms with Crippen molar-refractivity contribution >= 4 is 17.6 Å². The summed E-state index contributed by atoms with van der Waals surface area (Å²) in [6.07, 6.45) is 2.26. The molecular weight excluding hydrogens is 302 g/mol. The maximum atomic E-state index is 12.5.